The summed E-state index contributed by atoms with van der Waals surface area (Å²) in [6.07, 6.45) is 5.59. The Morgan fingerprint density at radius 2 is 1.33 bits per heavy atom. The third kappa shape index (κ3) is 31.8. The molecule has 4 aromatic carbocycles. The van der Waals surface area contributed by atoms with Gasteiger partial charge in [-0.1, -0.05) is 84.8 Å². The van der Waals surface area contributed by atoms with E-state index in [1.807, 2.05) is 43.3 Å². The van der Waals surface area contributed by atoms with Gasteiger partial charge in [-0.05, 0) is 145 Å². The summed E-state index contributed by atoms with van der Waals surface area (Å²) >= 11 is 0. The highest BCUT2D eigenvalue weighted by Crippen LogP contribution is 2.29. The molecule has 19 nitrogen and oxygen atoms in total. The van der Waals surface area contributed by atoms with Crippen LogP contribution in [-0.4, -0.2) is 128 Å². The summed E-state index contributed by atoms with van der Waals surface area (Å²) in [4.78, 5) is 80.9. The first-order chi connectivity index (χ1) is 37.2. The number of primary amides is 1. The maximum Gasteiger partial charge on any atom is 0.243 e. The first kappa shape index (κ1) is 73.0. The van der Waals surface area contributed by atoms with Crippen molar-refractivity contribution >= 4 is 42.7 Å². The predicted octanol–water partition coefficient (Wildman–Crippen LogP) is 3.70. The number of ether oxygens (including phenoxy) is 1. The third-order valence-electron chi connectivity index (χ3n) is 11.3. The quantitative estimate of drug-likeness (QED) is 0.0316. The molecule has 0 aliphatic carbocycles. The van der Waals surface area contributed by atoms with Gasteiger partial charge in [-0.2, -0.15) is 0 Å². The average Bonchev–Trinajstić information content (AvgIpc) is 3.41. The number of hydrogen-bond acceptors (Lipinski definition) is 13. The molecule has 0 aromatic heterocycles. The zero-order valence-corrected chi connectivity index (χ0v) is 47.3. The summed E-state index contributed by atoms with van der Waals surface area (Å²) in [6, 6.07) is 24.0. The van der Waals surface area contributed by atoms with Crippen LogP contribution in [0.1, 0.15) is 100 Å². The second kappa shape index (κ2) is 43.9. The molecular formula is C58H89FN8O11. The molecular weight excluding hydrogens is 1000 g/mol. The van der Waals surface area contributed by atoms with Gasteiger partial charge < -0.3 is 68.6 Å². The van der Waals surface area contributed by atoms with Crippen molar-refractivity contribution in [2.45, 2.75) is 143 Å². The number of nitrogens with one attached hydrogen (secondary N) is 5. The number of aliphatic hydroxyl groups is 3. The number of aliphatic hydroxyl groups excluding tert-OH is 3. The Kier molecular flexibility index (Phi) is 41.1. The van der Waals surface area contributed by atoms with E-state index in [4.69, 9.17) is 36.3 Å². The largest absolute Gasteiger partial charge is 0.494 e. The van der Waals surface area contributed by atoms with Crippen LogP contribution in [0, 0.1) is 26.6 Å². The number of aldehydes is 1. The van der Waals surface area contributed by atoms with Crippen LogP contribution in [0.3, 0.4) is 0 Å². The van der Waals surface area contributed by atoms with Crippen molar-refractivity contribution in [2.75, 3.05) is 33.9 Å². The monoisotopic (exact) mass is 1090 g/mol. The molecule has 4 aromatic rings. The Bertz CT molecular complexity index is 2300. The van der Waals surface area contributed by atoms with Crippen LogP contribution < -0.4 is 48.5 Å². The molecule has 6 atom stereocenters. The van der Waals surface area contributed by atoms with Crippen molar-refractivity contribution in [1.29, 1.82) is 0 Å². The van der Waals surface area contributed by atoms with Crippen LogP contribution in [0.25, 0.3) is 11.1 Å². The van der Waals surface area contributed by atoms with E-state index in [0.717, 1.165) is 80.7 Å². The van der Waals surface area contributed by atoms with E-state index in [0.29, 0.717) is 31.4 Å². The normalized spacial score (nSPS) is 12.3. The Labute approximate surface area is 461 Å². The van der Waals surface area contributed by atoms with Crippen LogP contribution in [0.15, 0.2) is 84.9 Å². The van der Waals surface area contributed by atoms with Crippen molar-refractivity contribution in [3.63, 3.8) is 0 Å². The highest BCUT2D eigenvalue weighted by atomic mass is 19.1. The fourth-order valence-electron chi connectivity index (χ4n) is 7.18. The summed E-state index contributed by atoms with van der Waals surface area (Å²) in [5.41, 5.74) is 23.5. The molecule has 0 aliphatic heterocycles. The zero-order valence-electron chi connectivity index (χ0n) is 47.3. The van der Waals surface area contributed by atoms with Gasteiger partial charge in [0, 0.05) is 33.1 Å². The second-order valence-electron chi connectivity index (χ2n) is 18.0. The van der Waals surface area contributed by atoms with Crippen LogP contribution in [0.2, 0.25) is 0 Å². The molecule has 14 N–H and O–H groups in total. The number of amides is 6. The number of benzene rings is 4. The summed E-state index contributed by atoms with van der Waals surface area (Å²) in [5, 5.41) is 36.1. The molecule has 4 rings (SSSR count). The SMILES string of the molecule is CC(N)C(=O)NC(C)C(C)O.CCc1cc(OCCCCN)ccc1-c1ccc(C[C@H](NC(=O)C(CC=O)NC(=O)CNC=O)C(=O)NC(C)CCCc2cc(C)cc(C)c2)cc1.CO.CO.Cc1ccccc1F.NC=O. The van der Waals surface area contributed by atoms with Crippen LogP contribution in [-0.2, 0) is 52.8 Å². The van der Waals surface area contributed by atoms with E-state index >= 15 is 0 Å². The topological polar surface area (TPSA) is 328 Å². The van der Waals surface area contributed by atoms with Crippen molar-refractivity contribution in [3.8, 4) is 16.9 Å². The minimum absolute atomic E-state index is 0.132. The Hall–Kier alpha value is -7.10. The fraction of sp³-hybridized carbons (Fsp3) is 0.466. The third-order valence-corrected chi connectivity index (χ3v) is 11.3. The number of halogens is 1. The van der Waals surface area contributed by atoms with Gasteiger partial charge in [0.2, 0.25) is 36.4 Å². The number of nitrogens with two attached hydrogens (primary N) is 3. The van der Waals surface area contributed by atoms with Gasteiger partial charge in [0.25, 0.3) is 0 Å². The molecule has 0 saturated heterocycles. The van der Waals surface area contributed by atoms with Crippen molar-refractivity contribution < 1.29 is 58.0 Å². The lowest BCUT2D eigenvalue weighted by Crippen LogP contribution is -2.56. The molecule has 78 heavy (non-hydrogen) atoms. The molecule has 0 spiro atoms. The second-order valence-corrected chi connectivity index (χ2v) is 18.0. The van der Waals surface area contributed by atoms with Crippen LogP contribution in [0.5, 0.6) is 5.75 Å². The Morgan fingerprint density at radius 1 is 0.731 bits per heavy atom. The summed E-state index contributed by atoms with van der Waals surface area (Å²) < 4.78 is 18.2. The van der Waals surface area contributed by atoms with Gasteiger partial charge in [-0.15, -0.1) is 0 Å². The molecule has 0 saturated carbocycles. The van der Waals surface area contributed by atoms with Crippen LogP contribution in [0.4, 0.5) is 4.39 Å². The highest BCUT2D eigenvalue weighted by molar-refractivity contribution is 5.94. The van der Waals surface area contributed by atoms with E-state index in [1.165, 1.54) is 22.8 Å². The summed E-state index contributed by atoms with van der Waals surface area (Å²) in [7, 11) is 2.00. The first-order valence-electron chi connectivity index (χ1n) is 25.9. The number of carbonyl (C=O) groups is 7. The lowest BCUT2D eigenvalue weighted by molar-refractivity contribution is -0.132. The zero-order chi connectivity index (χ0) is 59.6. The lowest BCUT2D eigenvalue weighted by atomic mass is 9.95. The van der Waals surface area contributed by atoms with Gasteiger partial charge >= 0.3 is 0 Å². The molecule has 0 radical (unpaired) electrons. The van der Waals surface area contributed by atoms with E-state index in [1.54, 1.807) is 39.8 Å². The Morgan fingerprint density at radius 3 is 1.85 bits per heavy atom. The van der Waals surface area contributed by atoms with Gasteiger partial charge in [0.15, 0.2) is 0 Å². The predicted molar refractivity (Wildman–Crippen MR) is 304 cm³/mol. The van der Waals surface area contributed by atoms with Crippen molar-refractivity contribution in [2.24, 2.45) is 17.2 Å². The van der Waals surface area contributed by atoms with Gasteiger partial charge in [0.05, 0.1) is 31.3 Å². The van der Waals surface area contributed by atoms with Crippen molar-refractivity contribution in [3.05, 3.63) is 124 Å². The van der Waals surface area contributed by atoms with Gasteiger partial charge in [-0.25, -0.2) is 4.39 Å². The molecule has 0 aliphatic rings. The van der Waals surface area contributed by atoms with E-state index < -0.39 is 36.0 Å². The molecule has 6 amide bonds. The smallest absolute Gasteiger partial charge is 0.243 e. The number of unbranched alkanes of at least 4 members (excludes halogenated alkanes) is 1. The maximum absolute atomic E-state index is 13.7. The molecule has 434 valence electrons. The highest BCUT2D eigenvalue weighted by Gasteiger charge is 2.28. The molecule has 20 heteroatoms. The fourth-order valence-corrected chi connectivity index (χ4v) is 7.18. The average molecular weight is 1090 g/mol. The standard InChI is InChI=1S/C41H55N5O6.C7H7F.C7H16N2O2.CH3NO.2CH4O/c1-5-33-25-35(52-20-7-6-18-42)15-16-36(33)34-13-11-31(12-14-34)24-38(46-40(50)37(17-19-47)45-39(49)26-43-27-48)41(51)44-30(4)9-8-10-32-22-28(2)21-29(3)23-32;1-6-4-2-3-5-7(6)8;1-4(8)7(11)9-5(2)6(3)10;2-1-3;2*1-2/h11-16,19,21-23,25,27,30,37-38H,5-10,17-18,20,24,26,42H2,1-4H3,(H,43,48)(H,44,51)(H,45,49)(H,46,50);2-5H,1H3;4-6,10H,8H2,1-3H3,(H,9,11);1H,(H2,2,3);2*2H,1H3/t30?,37?,38-;;;;;/m0...../s1. The van der Waals surface area contributed by atoms with Gasteiger partial charge in [-0.3, -0.25) is 28.8 Å². The molecule has 0 bridgehead atoms. The molecule has 5 unspecified atom stereocenters. The first-order valence-corrected chi connectivity index (χ1v) is 25.9. The minimum atomic E-state index is -1.22. The van der Waals surface area contributed by atoms with E-state index in [9.17, 15) is 33.2 Å². The van der Waals surface area contributed by atoms with Crippen LogP contribution >= 0.6 is 0 Å². The number of hydrogen-bond donors (Lipinski definition) is 11. The van der Waals surface area contributed by atoms with Crippen molar-refractivity contribution in [1.82, 2.24) is 26.6 Å². The van der Waals surface area contributed by atoms with Gasteiger partial charge in [0.1, 0.15) is 29.9 Å². The maximum atomic E-state index is 13.7. The molecule has 0 fully saturated rings. The number of carbonyl (C=O) groups excluding carboxylic acids is 7. The minimum Gasteiger partial charge on any atom is -0.494 e. The summed E-state index contributed by atoms with van der Waals surface area (Å²) in [6.45, 7) is 15.8. The van der Waals surface area contributed by atoms with E-state index in [-0.39, 0.29) is 55.5 Å². The number of rotatable bonds is 26. The summed E-state index contributed by atoms with van der Waals surface area (Å²) in [5.74, 6) is -1.23. The molecule has 0 heterocycles. The Balaban J connectivity index is 0. The van der Waals surface area contributed by atoms with E-state index in [2.05, 4.69) is 83.4 Å². The lowest BCUT2D eigenvalue weighted by Gasteiger charge is -2.24. The number of aryl methyl sites for hydroxylation is 5.